The number of benzene rings is 2. The number of carbonyl (C=O) groups excluding carboxylic acids is 4. The summed E-state index contributed by atoms with van der Waals surface area (Å²) in [5.74, 6) is -2.27. The first-order valence-corrected chi connectivity index (χ1v) is 14.5. The first kappa shape index (κ1) is 35.9. The zero-order valence-corrected chi connectivity index (χ0v) is 25.5. The number of rotatable bonds is 17. The van der Waals surface area contributed by atoms with Crippen LogP contribution in [0.5, 0.6) is 23.0 Å². The topological polar surface area (TPSA) is 151 Å². The lowest BCUT2D eigenvalue weighted by Crippen LogP contribution is -2.39. The molecule has 0 aliphatic carbocycles. The number of amides is 2. The van der Waals surface area contributed by atoms with Crippen molar-refractivity contribution in [3.8, 4) is 23.0 Å². The number of unbranched alkanes of at least 4 members (excludes halogenated alkanes) is 4. The van der Waals surface area contributed by atoms with Crippen LogP contribution in [0, 0.1) is 0 Å². The van der Waals surface area contributed by atoms with Gasteiger partial charge in [0.15, 0.2) is 23.0 Å². The molecule has 0 saturated carbocycles. The van der Waals surface area contributed by atoms with Gasteiger partial charge in [-0.05, 0) is 55.7 Å². The van der Waals surface area contributed by atoms with Gasteiger partial charge in [-0.15, -0.1) is 0 Å². The van der Waals surface area contributed by atoms with Crippen LogP contribution in [0.25, 0.3) is 0 Å². The Labute approximate surface area is 248 Å². The Bertz CT molecular complexity index is 1160. The van der Waals surface area contributed by atoms with E-state index >= 15 is 0 Å². The van der Waals surface area contributed by atoms with Crippen molar-refractivity contribution >= 4 is 23.4 Å². The fraction of sp³-hybridized carbons (Fsp3) is 0.500. The number of nitrogens with one attached hydrogen (secondary N) is 2. The summed E-state index contributed by atoms with van der Waals surface area (Å²) < 4.78 is 9.86. The Kier molecular flexibility index (Phi) is 17.0. The van der Waals surface area contributed by atoms with Crippen LogP contribution in [-0.2, 0) is 9.59 Å². The summed E-state index contributed by atoms with van der Waals surface area (Å²) in [5.41, 5.74) is 0.405. The number of methoxy groups -OCH3 is 2. The Morgan fingerprint density at radius 3 is 1.62 bits per heavy atom. The highest BCUT2D eigenvalue weighted by molar-refractivity contribution is 6.43. The summed E-state index contributed by atoms with van der Waals surface area (Å²) in [5, 5.41) is 24.4. The van der Waals surface area contributed by atoms with E-state index in [2.05, 4.69) is 17.6 Å². The average Bonchev–Trinajstić information content (AvgIpc) is 2.99. The van der Waals surface area contributed by atoms with E-state index in [1.165, 1.54) is 63.5 Å². The Morgan fingerprint density at radius 2 is 1.17 bits per heavy atom. The van der Waals surface area contributed by atoms with Crippen LogP contribution in [0.1, 0.15) is 99.3 Å². The van der Waals surface area contributed by atoms with Crippen LogP contribution in [-0.4, -0.2) is 60.4 Å². The number of ether oxygens (including phenoxy) is 2. The zero-order valence-electron chi connectivity index (χ0n) is 25.5. The van der Waals surface area contributed by atoms with Gasteiger partial charge in [-0.25, -0.2) is 0 Å². The smallest absolute Gasteiger partial charge is 0.292 e. The van der Waals surface area contributed by atoms with Crippen LogP contribution in [0.15, 0.2) is 36.4 Å². The van der Waals surface area contributed by atoms with E-state index in [4.69, 9.17) is 9.47 Å². The van der Waals surface area contributed by atoms with Crippen LogP contribution in [0.4, 0.5) is 0 Å². The second-order valence-corrected chi connectivity index (χ2v) is 9.85. The van der Waals surface area contributed by atoms with E-state index in [-0.39, 0.29) is 40.2 Å². The van der Waals surface area contributed by atoms with E-state index in [0.717, 1.165) is 44.9 Å². The third kappa shape index (κ3) is 12.2. The van der Waals surface area contributed by atoms with E-state index < -0.39 is 23.4 Å². The highest BCUT2D eigenvalue weighted by Gasteiger charge is 2.21. The largest absolute Gasteiger partial charge is 0.504 e. The highest BCUT2D eigenvalue weighted by atomic mass is 16.5. The van der Waals surface area contributed by atoms with Crippen LogP contribution >= 0.6 is 0 Å². The first-order chi connectivity index (χ1) is 20.1. The van der Waals surface area contributed by atoms with Gasteiger partial charge >= 0.3 is 0 Å². The van der Waals surface area contributed by atoms with Gasteiger partial charge in [0.25, 0.3) is 11.8 Å². The van der Waals surface area contributed by atoms with Crippen molar-refractivity contribution < 1.29 is 38.9 Å². The number of aromatic hydroxyl groups is 2. The predicted octanol–water partition coefficient (Wildman–Crippen LogP) is 5.34. The quantitative estimate of drug-likeness (QED) is 0.110. The fourth-order valence-electron chi connectivity index (χ4n) is 4.15. The molecule has 0 saturated heterocycles. The van der Waals surface area contributed by atoms with Gasteiger partial charge in [0, 0.05) is 23.7 Å². The number of phenolic OH excluding ortho intramolecular Hbond substituents is 2. The predicted molar refractivity (Wildman–Crippen MR) is 161 cm³/mol. The van der Waals surface area contributed by atoms with E-state index in [0.29, 0.717) is 6.54 Å². The lowest BCUT2D eigenvalue weighted by Gasteiger charge is -2.16. The van der Waals surface area contributed by atoms with Crippen LogP contribution in [0.2, 0.25) is 0 Å². The Hall–Kier alpha value is -4.08. The molecule has 232 valence electrons. The summed E-state index contributed by atoms with van der Waals surface area (Å²) in [6, 6.07) is 8.24. The van der Waals surface area contributed by atoms with Gasteiger partial charge in [0.2, 0.25) is 11.6 Å². The number of hydrogen-bond acceptors (Lipinski definition) is 8. The molecule has 0 heterocycles. The average molecular weight is 587 g/mol. The van der Waals surface area contributed by atoms with Crippen molar-refractivity contribution in [3.05, 3.63) is 47.5 Å². The maximum atomic E-state index is 12.1. The summed E-state index contributed by atoms with van der Waals surface area (Å²) >= 11 is 0. The third-order valence-corrected chi connectivity index (χ3v) is 6.47. The van der Waals surface area contributed by atoms with Crippen LogP contribution < -0.4 is 20.1 Å². The number of Topliss-reactive ketones (excluding diaryl/α,β-unsaturated/α-hetero) is 2. The maximum absolute atomic E-state index is 12.1. The second kappa shape index (κ2) is 19.9. The van der Waals surface area contributed by atoms with Gasteiger partial charge in [0.1, 0.15) is 0 Å². The number of hydrogen-bond donors (Lipinski definition) is 4. The van der Waals surface area contributed by atoms with E-state index in [1.807, 2.05) is 13.8 Å². The van der Waals surface area contributed by atoms with Crippen molar-refractivity contribution in [1.82, 2.24) is 10.6 Å². The summed E-state index contributed by atoms with van der Waals surface area (Å²) in [6.07, 6.45) is 9.05. The van der Waals surface area contributed by atoms with Gasteiger partial charge < -0.3 is 30.3 Å². The molecule has 42 heavy (non-hydrogen) atoms. The molecule has 2 aromatic rings. The molecule has 2 amide bonds. The lowest BCUT2D eigenvalue weighted by atomic mass is 10.1. The fourth-order valence-corrected chi connectivity index (χ4v) is 4.15. The summed E-state index contributed by atoms with van der Waals surface area (Å²) in [4.78, 5) is 47.8. The van der Waals surface area contributed by atoms with E-state index in [1.54, 1.807) is 0 Å². The van der Waals surface area contributed by atoms with Gasteiger partial charge in [-0.2, -0.15) is 0 Å². The third-order valence-electron chi connectivity index (χ3n) is 6.47. The highest BCUT2D eigenvalue weighted by Crippen LogP contribution is 2.27. The van der Waals surface area contributed by atoms with Gasteiger partial charge in [0.05, 0.1) is 14.2 Å². The number of carbonyl (C=O) groups is 4. The molecule has 2 rings (SSSR count). The zero-order chi connectivity index (χ0) is 31.5. The van der Waals surface area contributed by atoms with Crippen molar-refractivity contribution in [2.45, 2.75) is 84.6 Å². The molecule has 0 spiro atoms. The minimum atomic E-state index is -0.627. The van der Waals surface area contributed by atoms with Crippen molar-refractivity contribution in [2.24, 2.45) is 0 Å². The van der Waals surface area contributed by atoms with E-state index in [9.17, 15) is 29.4 Å². The number of ketones is 2. The molecule has 0 atom stereocenters. The van der Waals surface area contributed by atoms with Crippen LogP contribution in [0.3, 0.4) is 0 Å². The normalized spacial score (nSPS) is 10.3. The molecular formula is C32H46N2O8. The number of phenols is 2. The molecule has 0 aliphatic rings. The molecule has 4 N–H and O–H groups in total. The van der Waals surface area contributed by atoms with Crippen molar-refractivity contribution in [3.63, 3.8) is 0 Å². The minimum absolute atomic E-state index is 0.0236. The standard InChI is InChI=1S/2C16H23NO4/c1-4-6-12(7-5-2)17-16(20)15(19)11-8-9-13(18)14(10-11)21-3;1-3-4-5-6-7-10-17-16(20)15(19)12-8-9-13(18)14(11-12)21-2/h8-10,12,18H,4-7H2,1-3H3,(H,17,20);8-9,11,18H,3-7,10H2,1-2H3,(H,17,20). The lowest BCUT2D eigenvalue weighted by molar-refractivity contribution is -0.118. The monoisotopic (exact) mass is 586 g/mol. The molecule has 2 aromatic carbocycles. The van der Waals surface area contributed by atoms with Gasteiger partial charge in [-0.1, -0.05) is 59.3 Å². The van der Waals surface area contributed by atoms with Crippen molar-refractivity contribution in [1.29, 1.82) is 0 Å². The maximum Gasteiger partial charge on any atom is 0.292 e. The SMILES string of the molecule is CCCC(CCC)NC(=O)C(=O)c1ccc(O)c(OC)c1.CCCCCCCNC(=O)C(=O)c1ccc(O)c(OC)c1. The summed E-state index contributed by atoms with van der Waals surface area (Å²) in [6.45, 7) is 6.73. The molecule has 0 fully saturated rings. The Balaban J connectivity index is 0.000000420. The molecule has 0 aromatic heterocycles. The second-order valence-electron chi connectivity index (χ2n) is 9.85. The summed E-state index contributed by atoms with van der Waals surface area (Å²) in [7, 11) is 2.78. The Morgan fingerprint density at radius 1 is 0.690 bits per heavy atom. The minimum Gasteiger partial charge on any atom is -0.504 e. The molecule has 0 radical (unpaired) electrons. The molecular weight excluding hydrogens is 540 g/mol. The molecule has 0 bridgehead atoms. The molecule has 10 nitrogen and oxygen atoms in total. The van der Waals surface area contributed by atoms with Crippen molar-refractivity contribution in [2.75, 3.05) is 20.8 Å². The first-order valence-electron chi connectivity index (χ1n) is 14.5. The molecule has 10 heteroatoms. The molecule has 0 unspecified atom stereocenters. The molecule has 0 aliphatic heterocycles. The van der Waals surface area contributed by atoms with Gasteiger partial charge in [-0.3, -0.25) is 19.2 Å².